The summed E-state index contributed by atoms with van der Waals surface area (Å²) in [5, 5.41) is 0. The van der Waals surface area contributed by atoms with Gasteiger partial charge >= 0.3 is 0 Å². The number of halogens is 1. The molecule has 0 aliphatic rings. The van der Waals surface area contributed by atoms with E-state index in [1.54, 1.807) is 0 Å². The van der Waals surface area contributed by atoms with Gasteiger partial charge < -0.3 is 28.9 Å². The van der Waals surface area contributed by atoms with E-state index in [0.29, 0.717) is 0 Å². The normalized spacial score (nSPS) is 10.8. The molecule has 3 aromatic rings. The fourth-order valence-electron chi connectivity index (χ4n) is 2.74. The maximum Gasteiger partial charge on any atom is 0.231 e. The first kappa shape index (κ1) is 18.4. The number of hydrogen-bond donors (Lipinski definition) is 0. The van der Waals surface area contributed by atoms with E-state index < -0.39 is 0 Å². The second kappa shape index (κ2) is 7.75. The van der Waals surface area contributed by atoms with Gasteiger partial charge in [-0.1, -0.05) is 24.3 Å². The molecular formula is C20H22IN3. The van der Waals surface area contributed by atoms with Crippen LogP contribution in [0.4, 0.5) is 5.69 Å². The number of para-hydroxylation sites is 2. The Morgan fingerprint density at radius 1 is 0.958 bits per heavy atom. The molecule has 0 amide bonds. The molecular weight excluding hydrogens is 409 g/mol. The molecule has 0 fully saturated rings. The summed E-state index contributed by atoms with van der Waals surface area (Å²) in [5.74, 6) is 0. The van der Waals surface area contributed by atoms with Crippen molar-refractivity contribution in [3.63, 3.8) is 0 Å². The van der Waals surface area contributed by atoms with Crippen molar-refractivity contribution in [1.82, 2.24) is 4.98 Å². The lowest BCUT2D eigenvalue weighted by atomic mass is 10.1. The van der Waals surface area contributed by atoms with Crippen molar-refractivity contribution in [2.24, 2.45) is 7.05 Å². The summed E-state index contributed by atoms with van der Waals surface area (Å²) >= 11 is 0. The number of aryl methyl sites for hydroxylation is 2. The molecule has 3 nitrogen and oxygen atoms in total. The number of fused-ring (bicyclic) bond motifs is 1. The minimum absolute atomic E-state index is 0. The maximum atomic E-state index is 4.71. The SMILES string of the molecule is Cc1nc2ccccc2[n+](C)c1/C=C/c1ccc(N(C)C)cc1.[I-]. The second-order valence-electron chi connectivity index (χ2n) is 5.95. The van der Waals surface area contributed by atoms with Gasteiger partial charge in [0.05, 0.1) is 0 Å². The Labute approximate surface area is 160 Å². The van der Waals surface area contributed by atoms with E-state index in [9.17, 15) is 0 Å². The highest BCUT2D eigenvalue weighted by Gasteiger charge is 2.14. The number of anilines is 1. The third-order valence-electron chi connectivity index (χ3n) is 4.11. The van der Waals surface area contributed by atoms with Gasteiger partial charge in [0.25, 0.3) is 0 Å². The molecule has 0 saturated heterocycles. The molecule has 0 bridgehead atoms. The molecule has 2 aromatic carbocycles. The molecule has 0 atom stereocenters. The second-order valence-corrected chi connectivity index (χ2v) is 5.95. The molecule has 124 valence electrons. The summed E-state index contributed by atoms with van der Waals surface area (Å²) < 4.78 is 2.20. The monoisotopic (exact) mass is 431 g/mol. The van der Waals surface area contributed by atoms with Crippen molar-refractivity contribution in [3.05, 3.63) is 65.5 Å². The van der Waals surface area contributed by atoms with E-state index in [-0.39, 0.29) is 24.0 Å². The zero-order valence-electron chi connectivity index (χ0n) is 14.5. The van der Waals surface area contributed by atoms with Crippen LogP contribution in [0.3, 0.4) is 0 Å². The third kappa shape index (κ3) is 3.75. The summed E-state index contributed by atoms with van der Waals surface area (Å²) in [4.78, 5) is 6.81. The Kier molecular flexibility index (Phi) is 5.94. The Hall–Kier alpha value is -1.95. The van der Waals surface area contributed by atoms with Crippen LogP contribution in [0.25, 0.3) is 23.2 Å². The number of benzene rings is 2. The third-order valence-corrected chi connectivity index (χ3v) is 4.11. The predicted octanol–water partition coefficient (Wildman–Crippen LogP) is 0.608. The van der Waals surface area contributed by atoms with E-state index in [1.165, 1.54) is 11.3 Å². The Bertz CT molecular complexity index is 868. The Morgan fingerprint density at radius 2 is 1.62 bits per heavy atom. The first-order valence-corrected chi connectivity index (χ1v) is 7.77. The Balaban J connectivity index is 0.00000208. The summed E-state index contributed by atoms with van der Waals surface area (Å²) in [6.45, 7) is 2.06. The van der Waals surface area contributed by atoms with Crippen molar-refractivity contribution in [1.29, 1.82) is 0 Å². The van der Waals surface area contributed by atoms with Gasteiger partial charge in [0.2, 0.25) is 11.2 Å². The number of nitrogens with zero attached hydrogens (tertiary/aromatic N) is 3. The van der Waals surface area contributed by atoms with Gasteiger partial charge in [-0.25, -0.2) is 4.98 Å². The molecule has 0 saturated carbocycles. The van der Waals surface area contributed by atoms with E-state index in [2.05, 4.69) is 86.1 Å². The van der Waals surface area contributed by atoms with Crippen LogP contribution in [0.2, 0.25) is 0 Å². The van der Waals surface area contributed by atoms with Crippen LogP contribution in [0.1, 0.15) is 17.0 Å². The van der Waals surface area contributed by atoms with Crippen molar-refractivity contribution < 1.29 is 28.5 Å². The average molecular weight is 431 g/mol. The molecule has 1 aromatic heterocycles. The molecule has 24 heavy (non-hydrogen) atoms. The summed E-state index contributed by atoms with van der Waals surface area (Å²) in [6.07, 6.45) is 4.28. The fraction of sp³-hybridized carbons (Fsp3) is 0.200. The van der Waals surface area contributed by atoms with Gasteiger partial charge in [-0.15, -0.1) is 0 Å². The minimum Gasteiger partial charge on any atom is -1.00 e. The standard InChI is InChI=1S/C20H22N3.HI/c1-15-19(23(4)20-8-6-5-7-18(20)21-15)14-11-16-9-12-17(13-10-16)22(2)3;/h5-14H,1-4H3;1H/q+1;/p-1. The topological polar surface area (TPSA) is 20.0 Å². The molecule has 4 heteroatoms. The van der Waals surface area contributed by atoms with E-state index in [4.69, 9.17) is 4.98 Å². The predicted molar refractivity (Wildman–Crippen MR) is 97.4 cm³/mol. The first-order valence-electron chi connectivity index (χ1n) is 7.77. The summed E-state index contributed by atoms with van der Waals surface area (Å²) in [6, 6.07) is 16.8. The fourth-order valence-corrected chi connectivity index (χ4v) is 2.74. The van der Waals surface area contributed by atoms with Crippen LogP contribution in [-0.4, -0.2) is 19.1 Å². The lowest BCUT2D eigenvalue weighted by Crippen LogP contribution is -3.00. The number of rotatable bonds is 3. The molecule has 0 aliphatic carbocycles. The molecule has 0 aliphatic heterocycles. The van der Waals surface area contributed by atoms with Crippen LogP contribution >= 0.6 is 0 Å². The van der Waals surface area contributed by atoms with Crippen LogP contribution in [0.5, 0.6) is 0 Å². The van der Waals surface area contributed by atoms with Crippen LogP contribution < -0.4 is 33.4 Å². The molecule has 0 spiro atoms. The van der Waals surface area contributed by atoms with Crippen molar-refractivity contribution in [2.45, 2.75) is 6.92 Å². The molecule has 1 heterocycles. The highest BCUT2D eigenvalue weighted by Crippen LogP contribution is 2.16. The van der Waals surface area contributed by atoms with Gasteiger partial charge in [0, 0.05) is 31.9 Å². The van der Waals surface area contributed by atoms with Gasteiger partial charge in [-0.2, -0.15) is 4.57 Å². The van der Waals surface area contributed by atoms with Gasteiger partial charge in [-0.3, -0.25) is 0 Å². The van der Waals surface area contributed by atoms with Crippen LogP contribution in [0.15, 0.2) is 48.5 Å². The van der Waals surface area contributed by atoms with Crippen LogP contribution in [0, 0.1) is 6.92 Å². The van der Waals surface area contributed by atoms with E-state index in [0.717, 1.165) is 22.4 Å². The molecule has 0 N–H and O–H groups in total. The van der Waals surface area contributed by atoms with Crippen molar-refractivity contribution >= 4 is 28.9 Å². The quantitative estimate of drug-likeness (QED) is 0.448. The lowest BCUT2D eigenvalue weighted by molar-refractivity contribution is -0.647. The van der Waals surface area contributed by atoms with E-state index >= 15 is 0 Å². The first-order chi connectivity index (χ1) is 11.1. The van der Waals surface area contributed by atoms with Crippen molar-refractivity contribution in [3.8, 4) is 0 Å². The zero-order chi connectivity index (χ0) is 16.4. The Morgan fingerprint density at radius 3 is 2.29 bits per heavy atom. The van der Waals surface area contributed by atoms with Gasteiger partial charge in [0.1, 0.15) is 18.3 Å². The van der Waals surface area contributed by atoms with Gasteiger partial charge in [0.15, 0.2) is 0 Å². The largest absolute Gasteiger partial charge is 1.00 e. The number of hydrogen-bond acceptors (Lipinski definition) is 2. The highest BCUT2D eigenvalue weighted by molar-refractivity contribution is 5.74. The van der Waals surface area contributed by atoms with Crippen LogP contribution in [-0.2, 0) is 7.05 Å². The number of aromatic nitrogens is 2. The average Bonchev–Trinajstić information content (AvgIpc) is 2.55. The maximum absolute atomic E-state index is 4.71. The minimum atomic E-state index is 0. The summed E-state index contributed by atoms with van der Waals surface area (Å²) in [5.41, 5.74) is 6.72. The van der Waals surface area contributed by atoms with Gasteiger partial charge in [-0.05, 0) is 36.8 Å². The van der Waals surface area contributed by atoms with E-state index in [1.807, 2.05) is 12.1 Å². The molecule has 3 rings (SSSR count). The smallest absolute Gasteiger partial charge is 0.231 e. The van der Waals surface area contributed by atoms with Crippen molar-refractivity contribution in [2.75, 3.05) is 19.0 Å². The molecule has 0 radical (unpaired) electrons. The molecule has 0 unspecified atom stereocenters. The highest BCUT2D eigenvalue weighted by atomic mass is 127. The zero-order valence-corrected chi connectivity index (χ0v) is 16.7. The summed E-state index contributed by atoms with van der Waals surface area (Å²) in [7, 11) is 6.19. The lowest BCUT2D eigenvalue weighted by Gasteiger charge is -2.11.